The lowest BCUT2D eigenvalue weighted by Crippen LogP contribution is -2.21. The van der Waals surface area contributed by atoms with Crippen LogP contribution in [-0.4, -0.2) is 17.4 Å². The van der Waals surface area contributed by atoms with Crippen LogP contribution in [0.1, 0.15) is 23.1 Å². The molecular weight excluding hydrogens is 217 g/mol. The second kappa shape index (κ2) is 4.87. The van der Waals surface area contributed by atoms with E-state index in [4.69, 9.17) is 0 Å². The molecule has 0 fully saturated rings. The van der Waals surface area contributed by atoms with E-state index in [2.05, 4.69) is 0 Å². The molecule has 1 rings (SSSR count). The summed E-state index contributed by atoms with van der Waals surface area (Å²) in [6.07, 6.45) is -6.78. The number of benzene rings is 1. The predicted molar refractivity (Wildman–Crippen MR) is 56.3 cm³/mol. The van der Waals surface area contributed by atoms with Crippen LogP contribution < -0.4 is 0 Å². The van der Waals surface area contributed by atoms with E-state index in [9.17, 15) is 18.3 Å². The van der Waals surface area contributed by atoms with Crippen molar-refractivity contribution in [3.8, 4) is 0 Å². The molecule has 4 heteroatoms. The fourth-order valence-corrected chi connectivity index (χ4v) is 1.80. The lowest BCUT2D eigenvalue weighted by Gasteiger charge is -2.13. The zero-order valence-corrected chi connectivity index (χ0v) is 9.30. The molecule has 1 aromatic carbocycles. The first kappa shape index (κ1) is 13.0. The van der Waals surface area contributed by atoms with Crippen LogP contribution >= 0.6 is 0 Å². The first-order chi connectivity index (χ1) is 7.26. The number of aliphatic hydroxyl groups excluding tert-OH is 1. The molecule has 0 bridgehead atoms. The van der Waals surface area contributed by atoms with Crippen molar-refractivity contribution < 1.29 is 18.3 Å². The molecule has 0 amide bonds. The third-order valence-corrected chi connectivity index (χ3v) is 2.22. The molecule has 0 aliphatic carbocycles. The highest BCUT2D eigenvalue weighted by Gasteiger charge is 2.30. The van der Waals surface area contributed by atoms with Crippen LogP contribution in [0.2, 0.25) is 0 Å². The SMILES string of the molecule is Cc1cc(C)cc(CC(O)CC(F)(F)F)c1. The fraction of sp³-hybridized carbons (Fsp3) is 0.500. The van der Waals surface area contributed by atoms with Crippen molar-refractivity contribution >= 4 is 0 Å². The van der Waals surface area contributed by atoms with Gasteiger partial charge >= 0.3 is 6.18 Å². The number of alkyl halides is 3. The lowest BCUT2D eigenvalue weighted by molar-refractivity contribution is -0.153. The second-order valence-corrected chi connectivity index (χ2v) is 4.17. The van der Waals surface area contributed by atoms with E-state index >= 15 is 0 Å². The maximum atomic E-state index is 12.0. The van der Waals surface area contributed by atoms with Gasteiger partial charge < -0.3 is 5.11 Å². The number of rotatable bonds is 3. The normalized spacial score (nSPS) is 13.9. The quantitative estimate of drug-likeness (QED) is 0.848. The van der Waals surface area contributed by atoms with Gasteiger partial charge in [0, 0.05) is 0 Å². The maximum Gasteiger partial charge on any atom is 0.391 e. The Morgan fingerprint density at radius 3 is 2.06 bits per heavy atom. The van der Waals surface area contributed by atoms with Gasteiger partial charge in [0.2, 0.25) is 0 Å². The van der Waals surface area contributed by atoms with Crippen molar-refractivity contribution in [1.82, 2.24) is 0 Å². The van der Waals surface area contributed by atoms with E-state index in [1.807, 2.05) is 19.9 Å². The largest absolute Gasteiger partial charge is 0.392 e. The minimum absolute atomic E-state index is 0.0437. The maximum absolute atomic E-state index is 12.0. The molecule has 1 unspecified atom stereocenters. The number of aliphatic hydroxyl groups is 1. The molecule has 90 valence electrons. The van der Waals surface area contributed by atoms with Crippen LogP contribution in [0, 0.1) is 13.8 Å². The smallest absolute Gasteiger partial charge is 0.391 e. The van der Waals surface area contributed by atoms with Crippen LogP contribution in [0.15, 0.2) is 18.2 Å². The molecule has 0 aliphatic rings. The van der Waals surface area contributed by atoms with Gasteiger partial charge in [0.15, 0.2) is 0 Å². The summed E-state index contributed by atoms with van der Waals surface area (Å²) in [6.45, 7) is 3.76. The molecule has 1 nitrogen and oxygen atoms in total. The summed E-state index contributed by atoms with van der Waals surface area (Å²) in [5, 5.41) is 9.30. The van der Waals surface area contributed by atoms with E-state index in [-0.39, 0.29) is 6.42 Å². The van der Waals surface area contributed by atoms with Gasteiger partial charge in [0.25, 0.3) is 0 Å². The Hall–Kier alpha value is -1.03. The second-order valence-electron chi connectivity index (χ2n) is 4.17. The van der Waals surface area contributed by atoms with Crippen molar-refractivity contribution in [1.29, 1.82) is 0 Å². The number of aryl methyl sites for hydroxylation is 2. The minimum atomic E-state index is -4.31. The molecule has 0 aromatic heterocycles. The zero-order chi connectivity index (χ0) is 12.3. The lowest BCUT2D eigenvalue weighted by atomic mass is 10.0. The predicted octanol–water partition coefficient (Wildman–Crippen LogP) is 3.16. The molecule has 1 atom stereocenters. The van der Waals surface area contributed by atoms with Gasteiger partial charge in [-0.2, -0.15) is 13.2 Å². The Morgan fingerprint density at radius 1 is 1.12 bits per heavy atom. The van der Waals surface area contributed by atoms with E-state index in [0.29, 0.717) is 0 Å². The molecule has 0 radical (unpaired) electrons. The van der Waals surface area contributed by atoms with E-state index < -0.39 is 18.7 Å². The summed E-state index contributed by atoms with van der Waals surface area (Å²) < 4.78 is 36.0. The molecule has 1 N–H and O–H groups in total. The molecule has 0 spiro atoms. The fourth-order valence-electron chi connectivity index (χ4n) is 1.80. The average Bonchev–Trinajstić information content (AvgIpc) is 1.96. The molecule has 0 saturated heterocycles. The monoisotopic (exact) mass is 232 g/mol. The van der Waals surface area contributed by atoms with Crippen LogP contribution in [0.5, 0.6) is 0 Å². The van der Waals surface area contributed by atoms with Gasteiger partial charge in [-0.3, -0.25) is 0 Å². The summed E-state index contributed by atoms with van der Waals surface area (Å²) in [5.41, 5.74) is 2.73. The van der Waals surface area contributed by atoms with Gasteiger partial charge in [-0.05, 0) is 25.8 Å². The number of hydrogen-bond acceptors (Lipinski definition) is 1. The number of halogens is 3. The molecule has 1 aromatic rings. The molecular formula is C12H15F3O. The molecule has 0 saturated carbocycles. The van der Waals surface area contributed by atoms with Gasteiger partial charge in [-0.25, -0.2) is 0 Å². The Morgan fingerprint density at radius 2 is 1.62 bits per heavy atom. The first-order valence-electron chi connectivity index (χ1n) is 5.08. The topological polar surface area (TPSA) is 20.2 Å². The van der Waals surface area contributed by atoms with Crippen LogP contribution in [0.4, 0.5) is 13.2 Å². The molecule has 16 heavy (non-hydrogen) atoms. The van der Waals surface area contributed by atoms with Crippen molar-refractivity contribution in [2.75, 3.05) is 0 Å². The van der Waals surface area contributed by atoms with Crippen molar-refractivity contribution in [2.45, 2.75) is 39.0 Å². The third kappa shape index (κ3) is 4.66. The molecule has 0 aliphatic heterocycles. The first-order valence-corrected chi connectivity index (χ1v) is 5.08. The summed E-state index contributed by atoms with van der Waals surface area (Å²) in [5.74, 6) is 0. The third-order valence-electron chi connectivity index (χ3n) is 2.22. The summed E-state index contributed by atoms with van der Waals surface area (Å²) >= 11 is 0. The van der Waals surface area contributed by atoms with Crippen LogP contribution in [0.3, 0.4) is 0 Å². The van der Waals surface area contributed by atoms with Crippen LogP contribution in [-0.2, 0) is 6.42 Å². The Bertz CT molecular complexity index is 338. The zero-order valence-electron chi connectivity index (χ0n) is 9.30. The highest BCUT2D eigenvalue weighted by Crippen LogP contribution is 2.23. The van der Waals surface area contributed by atoms with E-state index in [1.165, 1.54) is 0 Å². The number of hydrogen-bond donors (Lipinski definition) is 1. The van der Waals surface area contributed by atoms with Gasteiger partial charge in [-0.15, -0.1) is 0 Å². The Kier molecular flexibility index (Phi) is 3.97. The van der Waals surface area contributed by atoms with Crippen LogP contribution in [0.25, 0.3) is 0 Å². The van der Waals surface area contributed by atoms with Gasteiger partial charge in [0.05, 0.1) is 12.5 Å². The highest BCUT2D eigenvalue weighted by molar-refractivity contribution is 5.28. The Labute approximate surface area is 92.9 Å². The average molecular weight is 232 g/mol. The summed E-state index contributed by atoms with van der Waals surface area (Å²) in [7, 11) is 0. The van der Waals surface area contributed by atoms with Crippen molar-refractivity contribution in [3.63, 3.8) is 0 Å². The van der Waals surface area contributed by atoms with Gasteiger partial charge in [0.1, 0.15) is 0 Å². The Balaban J connectivity index is 2.66. The highest BCUT2D eigenvalue weighted by atomic mass is 19.4. The van der Waals surface area contributed by atoms with Crippen molar-refractivity contribution in [2.24, 2.45) is 0 Å². The molecule has 0 heterocycles. The van der Waals surface area contributed by atoms with E-state index in [0.717, 1.165) is 16.7 Å². The standard InChI is InChI=1S/C12H15F3O/c1-8-3-9(2)5-10(4-8)6-11(16)7-12(13,14)15/h3-5,11,16H,6-7H2,1-2H3. The van der Waals surface area contributed by atoms with E-state index in [1.54, 1.807) is 12.1 Å². The van der Waals surface area contributed by atoms with Gasteiger partial charge in [-0.1, -0.05) is 29.3 Å². The van der Waals surface area contributed by atoms with Crippen molar-refractivity contribution in [3.05, 3.63) is 34.9 Å². The summed E-state index contributed by atoms with van der Waals surface area (Å²) in [6, 6.07) is 5.54. The summed E-state index contributed by atoms with van der Waals surface area (Å²) in [4.78, 5) is 0. The minimum Gasteiger partial charge on any atom is -0.392 e.